The summed E-state index contributed by atoms with van der Waals surface area (Å²) in [6.45, 7) is 7.68. The third kappa shape index (κ3) is 2.67. The number of anilines is 1. The Labute approximate surface area is 114 Å². The van der Waals surface area contributed by atoms with Gasteiger partial charge < -0.3 is 10.0 Å². The lowest BCUT2D eigenvalue weighted by Crippen LogP contribution is -2.45. The van der Waals surface area contributed by atoms with E-state index in [4.69, 9.17) is 0 Å². The van der Waals surface area contributed by atoms with Crippen molar-refractivity contribution < 1.29 is 5.11 Å². The summed E-state index contributed by atoms with van der Waals surface area (Å²) in [5.74, 6) is 1.17. The number of thioether (sulfide) groups is 1. The van der Waals surface area contributed by atoms with E-state index >= 15 is 0 Å². The highest BCUT2D eigenvalue weighted by Gasteiger charge is 2.27. The molecule has 0 aromatic heterocycles. The molecule has 1 saturated heterocycles. The second-order valence-electron chi connectivity index (χ2n) is 4.99. The Hall–Kier alpha value is -0.670. The van der Waals surface area contributed by atoms with Gasteiger partial charge in [-0.3, -0.25) is 0 Å². The third-order valence-corrected chi connectivity index (χ3v) is 5.21. The number of para-hydroxylation sites is 1. The maximum atomic E-state index is 10.2. The summed E-state index contributed by atoms with van der Waals surface area (Å²) in [7, 11) is 0. The van der Waals surface area contributed by atoms with Gasteiger partial charge in [-0.25, -0.2) is 0 Å². The van der Waals surface area contributed by atoms with Crippen LogP contribution in [0.25, 0.3) is 0 Å². The molecule has 2 rings (SSSR count). The van der Waals surface area contributed by atoms with Crippen LogP contribution in [-0.4, -0.2) is 28.7 Å². The second-order valence-corrected chi connectivity index (χ2v) is 6.48. The Morgan fingerprint density at radius 2 is 2.11 bits per heavy atom. The smallest absolute Gasteiger partial charge is 0.0807 e. The molecule has 2 nitrogen and oxygen atoms in total. The maximum absolute atomic E-state index is 10.2. The first-order chi connectivity index (χ1) is 8.65. The van der Waals surface area contributed by atoms with Crippen molar-refractivity contribution in [1.82, 2.24) is 0 Å². The average molecular weight is 265 g/mol. The minimum Gasteiger partial charge on any atom is -0.388 e. The third-order valence-electron chi connectivity index (χ3n) is 3.88. The fourth-order valence-electron chi connectivity index (χ4n) is 2.52. The number of nitrogens with zero attached hydrogens (tertiary/aromatic N) is 1. The van der Waals surface area contributed by atoms with Crippen molar-refractivity contribution in [2.24, 2.45) is 0 Å². The Balaban J connectivity index is 2.32. The average Bonchev–Trinajstić information content (AvgIpc) is 2.41. The largest absolute Gasteiger partial charge is 0.388 e. The molecule has 0 saturated carbocycles. The van der Waals surface area contributed by atoms with Gasteiger partial charge in [0, 0.05) is 34.8 Å². The molecular weight excluding hydrogens is 242 g/mol. The highest BCUT2D eigenvalue weighted by molar-refractivity contribution is 8.00. The van der Waals surface area contributed by atoms with Gasteiger partial charge in [0.2, 0.25) is 0 Å². The number of hydrogen-bond acceptors (Lipinski definition) is 3. The minimum absolute atomic E-state index is 0.349. The van der Waals surface area contributed by atoms with Crippen LogP contribution in [0.1, 0.15) is 38.9 Å². The predicted octanol–water partition coefficient (Wildman–Crippen LogP) is 3.46. The zero-order valence-corrected chi connectivity index (χ0v) is 12.3. The van der Waals surface area contributed by atoms with Gasteiger partial charge >= 0.3 is 0 Å². The van der Waals surface area contributed by atoms with Crippen molar-refractivity contribution in [2.45, 2.75) is 44.6 Å². The van der Waals surface area contributed by atoms with E-state index in [0.717, 1.165) is 18.5 Å². The number of rotatable bonds is 3. The van der Waals surface area contributed by atoms with Crippen molar-refractivity contribution in [3.05, 3.63) is 29.8 Å². The van der Waals surface area contributed by atoms with Gasteiger partial charge in [-0.05, 0) is 19.4 Å². The van der Waals surface area contributed by atoms with Gasteiger partial charge in [0.1, 0.15) is 0 Å². The fraction of sp³-hybridized carbons (Fsp3) is 0.600. The Morgan fingerprint density at radius 3 is 2.83 bits per heavy atom. The van der Waals surface area contributed by atoms with Gasteiger partial charge in [0.25, 0.3) is 0 Å². The van der Waals surface area contributed by atoms with Gasteiger partial charge in [-0.1, -0.05) is 32.0 Å². The SMILES string of the molecule is CCC(O)c1ccccc1N1CCSC(C)C1C. The summed E-state index contributed by atoms with van der Waals surface area (Å²) in [5, 5.41) is 10.8. The van der Waals surface area contributed by atoms with E-state index in [1.807, 2.05) is 24.8 Å². The molecule has 0 bridgehead atoms. The molecule has 1 aromatic rings. The van der Waals surface area contributed by atoms with Gasteiger partial charge in [-0.15, -0.1) is 0 Å². The standard InChI is InChI=1S/C15H23NOS/c1-4-15(17)13-7-5-6-8-14(13)16-9-10-18-12(3)11(16)2/h5-8,11-12,15,17H,4,9-10H2,1-3H3. The number of benzene rings is 1. The van der Waals surface area contributed by atoms with Crippen LogP contribution in [-0.2, 0) is 0 Å². The Bertz CT molecular complexity index is 396. The second kappa shape index (κ2) is 5.98. The number of aliphatic hydroxyl groups is 1. The number of hydrogen-bond donors (Lipinski definition) is 1. The van der Waals surface area contributed by atoms with Crippen molar-refractivity contribution >= 4 is 17.4 Å². The quantitative estimate of drug-likeness (QED) is 0.905. The molecule has 0 aliphatic carbocycles. The van der Waals surface area contributed by atoms with Crippen LogP contribution in [0.4, 0.5) is 5.69 Å². The molecule has 1 aromatic carbocycles. The molecule has 100 valence electrons. The summed E-state index contributed by atoms with van der Waals surface area (Å²) in [5.41, 5.74) is 2.29. The fourth-order valence-corrected chi connectivity index (χ4v) is 3.62. The van der Waals surface area contributed by atoms with Crippen molar-refractivity contribution in [1.29, 1.82) is 0 Å². The van der Waals surface area contributed by atoms with Crippen molar-refractivity contribution in [3.63, 3.8) is 0 Å². The normalized spacial score (nSPS) is 26.1. The summed E-state index contributed by atoms with van der Waals surface area (Å²) in [6.07, 6.45) is 0.419. The van der Waals surface area contributed by atoms with E-state index in [-0.39, 0.29) is 6.10 Å². The molecule has 1 aliphatic heterocycles. The Kier molecular flexibility index (Phi) is 4.57. The molecule has 18 heavy (non-hydrogen) atoms. The highest BCUT2D eigenvalue weighted by atomic mass is 32.2. The lowest BCUT2D eigenvalue weighted by Gasteiger charge is -2.40. The minimum atomic E-state index is -0.349. The van der Waals surface area contributed by atoms with Crippen LogP contribution in [0.5, 0.6) is 0 Å². The monoisotopic (exact) mass is 265 g/mol. The molecule has 1 fully saturated rings. The van der Waals surface area contributed by atoms with E-state index in [0.29, 0.717) is 11.3 Å². The van der Waals surface area contributed by atoms with Crippen LogP contribution in [0.2, 0.25) is 0 Å². The Morgan fingerprint density at radius 1 is 1.39 bits per heavy atom. The number of aliphatic hydroxyl groups excluding tert-OH is 1. The molecule has 0 radical (unpaired) electrons. The summed E-state index contributed by atoms with van der Waals surface area (Å²) in [6, 6.07) is 8.81. The molecule has 1 N–H and O–H groups in total. The zero-order chi connectivity index (χ0) is 13.1. The first kappa shape index (κ1) is 13.8. The summed E-state index contributed by atoms with van der Waals surface area (Å²) in [4.78, 5) is 2.45. The molecule has 3 atom stereocenters. The van der Waals surface area contributed by atoms with Crippen LogP contribution < -0.4 is 4.90 Å². The van der Waals surface area contributed by atoms with E-state index < -0.39 is 0 Å². The maximum Gasteiger partial charge on any atom is 0.0807 e. The predicted molar refractivity (Wildman–Crippen MR) is 80.4 cm³/mol. The van der Waals surface area contributed by atoms with E-state index in [1.54, 1.807) is 0 Å². The topological polar surface area (TPSA) is 23.5 Å². The highest BCUT2D eigenvalue weighted by Crippen LogP contribution is 2.34. The first-order valence-electron chi connectivity index (χ1n) is 6.80. The molecule has 3 unspecified atom stereocenters. The van der Waals surface area contributed by atoms with E-state index in [1.165, 1.54) is 11.4 Å². The van der Waals surface area contributed by atoms with Crippen molar-refractivity contribution in [2.75, 3.05) is 17.2 Å². The summed E-state index contributed by atoms with van der Waals surface area (Å²) >= 11 is 2.04. The molecule has 1 aliphatic rings. The molecule has 3 heteroatoms. The zero-order valence-electron chi connectivity index (χ0n) is 11.5. The van der Waals surface area contributed by atoms with E-state index in [9.17, 15) is 5.11 Å². The molecule has 1 heterocycles. The van der Waals surface area contributed by atoms with Crippen LogP contribution in [0, 0.1) is 0 Å². The first-order valence-corrected chi connectivity index (χ1v) is 7.85. The molecule has 0 spiro atoms. The van der Waals surface area contributed by atoms with Crippen LogP contribution >= 0.6 is 11.8 Å². The van der Waals surface area contributed by atoms with Gasteiger partial charge in [-0.2, -0.15) is 11.8 Å². The van der Waals surface area contributed by atoms with Crippen molar-refractivity contribution in [3.8, 4) is 0 Å². The summed E-state index contributed by atoms with van der Waals surface area (Å²) < 4.78 is 0. The van der Waals surface area contributed by atoms with E-state index in [2.05, 4.69) is 36.9 Å². The molecular formula is C15H23NOS. The molecule has 0 amide bonds. The lowest BCUT2D eigenvalue weighted by molar-refractivity contribution is 0.174. The van der Waals surface area contributed by atoms with Gasteiger partial charge in [0.05, 0.1) is 6.10 Å². The van der Waals surface area contributed by atoms with Crippen LogP contribution in [0.3, 0.4) is 0 Å². The van der Waals surface area contributed by atoms with Crippen LogP contribution in [0.15, 0.2) is 24.3 Å². The van der Waals surface area contributed by atoms with Gasteiger partial charge in [0.15, 0.2) is 0 Å². The lowest BCUT2D eigenvalue weighted by atomic mass is 10.0.